The Bertz CT molecular complexity index is 602. The Labute approximate surface area is 148 Å². The summed E-state index contributed by atoms with van der Waals surface area (Å²) in [5.74, 6) is 0.604. The van der Waals surface area contributed by atoms with Crippen LogP contribution in [0.3, 0.4) is 0 Å². The molecule has 0 unspecified atom stereocenters. The second-order valence-electron chi connectivity index (χ2n) is 6.27. The summed E-state index contributed by atoms with van der Waals surface area (Å²) in [6, 6.07) is 7.50. The first-order valence-corrected chi connectivity index (χ1v) is 8.19. The van der Waals surface area contributed by atoms with Crippen LogP contribution in [0.1, 0.15) is 32.1 Å². The minimum absolute atomic E-state index is 0. The number of fused-ring (bicyclic) bond motifs is 1. The molecule has 2 aliphatic rings. The van der Waals surface area contributed by atoms with E-state index in [0.717, 1.165) is 37.1 Å². The highest BCUT2D eigenvalue weighted by molar-refractivity contribution is 5.97. The van der Waals surface area contributed by atoms with Crippen molar-refractivity contribution in [2.24, 2.45) is 5.73 Å². The maximum absolute atomic E-state index is 12.1. The maximum Gasteiger partial charge on any atom is 0.265 e. The number of hydrogen-bond donors (Lipinski definition) is 2. The number of anilines is 1. The van der Waals surface area contributed by atoms with Crippen molar-refractivity contribution in [2.45, 2.75) is 37.6 Å². The molecule has 1 saturated carbocycles. The van der Waals surface area contributed by atoms with Crippen molar-refractivity contribution in [1.29, 1.82) is 0 Å². The largest absolute Gasteiger partial charge is 0.482 e. The van der Waals surface area contributed by atoms with Crippen molar-refractivity contribution < 1.29 is 14.3 Å². The smallest absolute Gasteiger partial charge is 0.265 e. The van der Waals surface area contributed by atoms with Gasteiger partial charge in [-0.1, -0.05) is 25.0 Å². The number of carbonyl (C=O) groups excluding carboxylic acids is 2. The molecule has 0 aromatic heterocycles. The van der Waals surface area contributed by atoms with E-state index in [4.69, 9.17) is 10.5 Å². The van der Waals surface area contributed by atoms with Gasteiger partial charge in [0.2, 0.25) is 5.91 Å². The fraction of sp³-hybridized carbons (Fsp3) is 0.529. The minimum Gasteiger partial charge on any atom is -0.482 e. The van der Waals surface area contributed by atoms with E-state index in [1.807, 2.05) is 24.3 Å². The van der Waals surface area contributed by atoms with Crippen LogP contribution in [0.15, 0.2) is 24.3 Å². The number of nitrogens with two attached hydrogens (primary N) is 1. The number of benzene rings is 1. The molecule has 6 nitrogen and oxygen atoms in total. The molecule has 0 radical (unpaired) electrons. The molecule has 1 fully saturated rings. The lowest BCUT2D eigenvalue weighted by Crippen LogP contribution is -2.52. The van der Waals surface area contributed by atoms with Crippen molar-refractivity contribution in [3.8, 4) is 5.75 Å². The van der Waals surface area contributed by atoms with Crippen LogP contribution in [0, 0.1) is 0 Å². The highest BCUT2D eigenvalue weighted by atomic mass is 35.5. The molecular weight excluding hydrogens is 330 g/mol. The Hall–Kier alpha value is -1.79. The fourth-order valence-electron chi connectivity index (χ4n) is 3.25. The van der Waals surface area contributed by atoms with Gasteiger partial charge in [0.25, 0.3) is 5.91 Å². The second kappa shape index (κ2) is 7.85. The monoisotopic (exact) mass is 353 g/mol. The summed E-state index contributed by atoms with van der Waals surface area (Å²) in [5, 5.41) is 2.91. The number of amides is 2. The van der Waals surface area contributed by atoms with Gasteiger partial charge in [-0.05, 0) is 31.4 Å². The Morgan fingerprint density at radius 1 is 1.29 bits per heavy atom. The van der Waals surface area contributed by atoms with E-state index >= 15 is 0 Å². The van der Waals surface area contributed by atoms with E-state index in [-0.39, 0.29) is 30.8 Å². The van der Waals surface area contributed by atoms with Crippen molar-refractivity contribution >= 4 is 29.9 Å². The Morgan fingerprint density at radius 3 is 2.75 bits per heavy atom. The molecule has 0 bridgehead atoms. The highest BCUT2D eigenvalue weighted by Crippen LogP contribution is 2.31. The first-order chi connectivity index (χ1) is 11.1. The lowest BCUT2D eigenvalue weighted by Gasteiger charge is -2.29. The summed E-state index contributed by atoms with van der Waals surface area (Å²) in [4.78, 5) is 25.9. The number of carbonyl (C=O) groups is 2. The van der Waals surface area contributed by atoms with Crippen LogP contribution in [0.25, 0.3) is 0 Å². The van der Waals surface area contributed by atoms with Gasteiger partial charge in [-0.3, -0.25) is 9.59 Å². The third-order valence-corrected chi connectivity index (χ3v) is 4.60. The number of rotatable bonds is 5. The molecule has 0 atom stereocenters. The van der Waals surface area contributed by atoms with Gasteiger partial charge in [0.05, 0.1) is 11.2 Å². The van der Waals surface area contributed by atoms with Gasteiger partial charge >= 0.3 is 0 Å². The molecule has 1 aromatic carbocycles. The van der Waals surface area contributed by atoms with E-state index in [1.54, 1.807) is 4.90 Å². The van der Waals surface area contributed by atoms with E-state index < -0.39 is 5.54 Å². The summed E-state index contributed by atoms with van der Waals surface area (Å²) in [7, 11) is 0. The molecule has 132 valence electrons. The van der Waals surface area contributed by atoms with Crippen molar-refractivity contribution in [3.05, 3.63) is 24.3 Å². The molecular formula is C17H24ClN3O3. The first kappa shape index (κ1) is 18.5. The fourth-order valence-corrected chi connectivity index (χ4v) is 3.25. The van der Waals surface area contributed by atoms with Crippen LogP contribution in [-0.4, -0.2) is 37.0 Å². The van der Waals surface area contributed by atoms with Crippen LogP contribution < -0.4 is 20.7 Å². The quantitative estimate of drug-likeness (QED) is 0.788. The standard InChI is InChI=1S/C17H23N3O3.ClH/c18-17(8-3-4-9-17)16(22)19-10-5-11-20-13-6-1-2-7-14(13)23-12-15(20)21;/h1-2,6-7H,3-5,8-12,18H2,(H,19,22);1H. The zero-order chi connectivity index (χ0) is 16.3. The van der Waals surface area contributed by atoms with Crippen molar-refractivity contribution in [2.75, 3.05) is 24.6 Å². The van der Waals surface area contributed by atoms with E-state index in [9.17, 15) is 9.59 Å². The molecule has 1 aliphatic carbocycles. The number of nitrogens with one attached hydrogen (secondary N) is 1. The van der Waals surface area contributed by atoms with Crippen LogP contribution in [-0.2, 0) is 9.59 Å². The molecule has 1 heterocycles. The zero-order valence-corrected chi connectivity index (χ0v) is 14.4. The number of halogens is 1. The van der Waals surface area contributed by atoms with Gasteiger partial charge < -0.3 is 20.7 Å². The molecule has 24 heavy (non-hydrogen) atoms. The first-order valence-electron chi connectivity index (χ1n) is 8.19. The van der Waals surface area contributed by atoms with Crippen LogP contribution in [0.5, 0.6) is 5.75 Å². The van der Waals surface area contributed by atoms with Gasteiger partial charge in [0.1, 0.15) is 5.75 Å². The molecule has 7 heteroatoms. The highest BCUT2D eigenvalue weighted by Gasteiger charge is 2.36. The third-order valence-electron chi connectivity index (χ3n) is 4.60. The lowest BCUT2D eigenvalue weighted by molar-refractivity contribution is -0.126. The Morgan fingerprint density at radius 2 is 2.00 bits per heavy atom. The van der Waals surface area contributed by atoms with Gasteiger partial charge in [0, 0.05) is 13.1 Å². The Kier molecular flexibility index (Phi) is 6.07. The molecule has 0 saturated heterocycles. The number of para-hydroxylation sites is 2. The predicted molar refractivity (Wildman–Crippen MR) is 94.6 cm³/mol. The zero-order valence-electron chi connectivity index (χ0n) is 13.6. The molecule has 1 aliphatic heterocycles. The van der Waals surface area contributed by atoms with Crippen molar-refractivity contribution in [1.82, 2.24) is 5.32 Å². The minimum atomic E-state index is -0.693. The van der Waals surface area contributed by atoms with Gasteiger partial charge in [0.15, 0.2) is 6.61 Å². The molecule has 3 rings (SSSR count). The molecule has 1 aromatic rings. The average molecular weight is 354 g/mol. The number of nitrogens with zero attached hydrogens (tertiary/aromatic N) is 1. The maximum atomic E-state index is 12.1. The van der Waals surface area contributed by atoms with Gasteiger partial charge in [-0.2, -0.15) is 0 Å². The molecule has 2 amide bonds. The van der Waals surface area contributed by atoms with Crippen molar-refractivity contribution in [3.63, 3.8) is 0 Å². The Balaban J connectivity index is 0.00000208. The summed E-state index contributed by atoms with van der Waals surface area (Å²) in [6.07, 6.45) is 4.23. The van der Waals surface area contributed by atoms with Crippen LogP contribution >= 0.6 is 12.4 Å². The van der Waals surface area contributed by atoms with E-state index in [1.165, 1.54) is 0 Å². The van der Waals surface area contributed by atoms with E-state index in [2.05, 4.69) is 5.32 Å². The molecule has 3 N–H and O–H groups in total. The SMILES string of the molecule is Cl.NC1(C(=O)NCCCN2C(=O)COc3ccccc32)CCCC1. The summed E-state index contributed by atoms with van der Waals surface area (Å²) < 4.78 is 5.41. The normalized spacial score (nSPS) is 18.4. The molecule has 0 spiro atoms. The summed E-state index contributed by atoms with van der Waals surface area (Å²) >= 11 is 0. The van der Waals surface area contributed by atoms with Crippen LogP contribution in [0.2, 0.25) is 0 Å². The van der Waals surface area contributed by atoms with Crippen LogP contribution in [0.4, 0.5) is 5.69 Å². The van der Waals surface area contributed by atoms with E-state index in [0.29, 0.717) is 19.5 Å². The summed E-state index contributed by atoms with van der Waals surface area (Å²) in [5.41, 5.74) is 6.22. The lowest BCUT2D eigenvalue weighted by atomic mass is 9.98. The predicted octanol–water partition coefficient (Wildman–Crippen LogP) is 1.61. The number of ether oxygens (including phenoxy) is 1. The summed E-state index contributed by atoms with van der Waals surface area (Å²) in [6.45, 7) is 1.14. The topological polar surface area (TPSA) is 84.7 Å². The average Bonchev–Trinajstić information content (AvgIpc) is 3.01. The second-order valence-corrected chi connectivity index (χ2v) is 6.27. The van der Waals surface area contributed by atoms with Gasteiger partial charge in [-0.15, -0.1) is 12.4 Å². The van der Waals surface area contributed by atoms with Gasteiger partial charge in [-0.25, -0.2) is 0 Å². The third kappa shape index (κ3) is 3.82. The number of hydrogen-bond acceptors (Lipinski definition) is 4.